The quantitative estimate of drug-likeness (QED) is 0.233. The summed E-state index contributed by atoms with van der Waals surface area (Å²) in [5.41, 5.74) is 0. The van der Waals surface area contributed by atoms with Gasteiger partial charge in [0.2, 0.25) is 5.91 Å². The largest absolute Gasteiger partial charge is 0.357 e. The van der Waals surface area contributed by atoms with Gasteiger partial charge in [-0.25, -0.2) is 9.98 Å². The molecule has 3 N–H and O–H groups in total. The van der Waals surface area contributed by atoms with Crippen LogP contribution in [0.25, 0.3) is 0 Å². The predicted octanol–water partition coefficient (Wildman–Crippen LogP) is 1.18. The summed E-state index contributed by atoms with van der Waals surface area (Å²) in [4.78, 5) is 20.5. The number of halogens is 1. The summed E-state index contributed by atoms with van der Waals surface area (Å²) >= 11 is 0. The van der Waals surface area contributed by atoms with E-state index < -0.39 is 0 Å². The van der Waals surface area contributed by atoms with Crippen molar-refractivity contribution in [3.8, 4) is 0 Å². The summed E-state index contributed by atoms with van der Waals surface area (Å²) in [7, 11) is 1.85. The Hall–Kier alpha value is -1.39. The van der Waals surface area contributed by atoms with Crippen molar-refractivity contribution < 1.29 is 4.79 Å². The van der Waals surface area contributed by atoms with Crippen molar-refractivity contribution in [2.45, 2.75) is 45.6 Å². The molecule has 1 aliphatic carbocycles. The van der Waals surface area contributed by atoms with E-state index in [0.717, 1.165) is 12.4 Å². The smallest absolute Gasteiger partial charge is 0.220 e. The first kappa shape index (κ1) is 21.7. The van der Waals surface area contributed by atoms with Crippen LogP contribution in [0.3, 0.4) is 0 Å². The van der Waals surface area contributed by atoms with Crippen molar-refractivity contribution in [1.29, 1.82) is 0 Å². The first-order valence-electron chi connectivity index (χ1n) is 8.80. The van der Waals surface area contributed by atoms with Crippen LogP contribution in [0, 0.1) is 5.92 Å². The van der Waals surface area contributed by atoms with Gasteiger partial charge in [0.05, 0.1) is 0 Å². The number of aromatic nitrogens is 3. The number of aliphatic imine (C=N–C) groups is 1. The second-order valence-corrected chi connectivity index (χ2v) is 6.13. The van der Waals surface area contributed by atoms with Crippen LogP contribution in [-0.2, 0) is 18.4 Å². The van der Waals surface area contributed by atoms with Gasteiger partial charge >= 0.3 is 0 Å². The van der Waals surface area contributed by atoms with E-state index in [-0.39, 0.29) is 29.9 Å². The van der Waals surface area contributed by atoms with Crippen LogP contribution in [0.2, 0.25) is 0 Å². The van der Waals surface area contributed by atoms with Crippen LogP contribution in [0.15, 0.2) is 11.3 Å². The summed E-state index contributed by atoms with van der Waals surface area (Å²) in [6, 6.07) is 0. The van der Waals surface area contributed by atoms with Crippen LogP contribution in [0.4, 0.5) is 0 Å². The fourth-order valence-electron chi connectivity index (χ4n) is 2.89. The number of hydrogen-bond acceptors (Lipinski definition) is 4. The van der Waals surface area contributed by atoms with Gasteiger partial charge in [-0.05, 0) is 25.7 Å². The van der Waals surface area contributed by atoms with Crippen LogP contribution in [0.1, 0.15) is 44.9 Å². The first-order chi connectivity index (χ1) is 11.7. The SMILES string of the molecule is CCNC(=NCc1ncnn1C)NCCNC(=O)CC1CCCC1.I. The minimum atomic E-state index is 0. The second kappa shape index (κ2) is 12.0. The van der Waals surface area contributed by atoms with Crippen molar-refractivity contribution in [2.24, 2.45) is 18.0 Å². The molecule has 1 aromatic rings. The van der Waals surface area contributed by atoms with E-state index in [2.05, 4.69) is 31.0 Å². The Morgan fingerprint density at radius 1 is 1.28 bits per heavy atom. The molecule has 0 bridgehead atoms. The van der Waals surface area contributed by atoms with Crippen LogP contribution in [-0.4, -0.2) is 46.3 Å². The molecule has 0 atom stereocenters. The zero-order valence-electron chi connectivity index (χ0n) is 15.1. The highest BCUT2D eigenvalue weighted by Gasteiger charge is 2.17. The molecule has 1 saturated carbocycles. The van der Waals surface area contributed by atoms with E-state index in [1.807, 2.05) is 14.0 Å². The Morgan fingerprint density at radius 2 is 2.00 bits per heavy atom. The molecule has 1 fully saturated rings. The van der Waals surface area contributed by atoms with Crippen LogP contribution < -0.4 is 16.0 Å². The van der Waals surface area contributed by atoms with Gasteiger partial charge in [-0.3, -0.25) is 9.48 Å². The molecule has 1 heterocycles. The normalized spacial score (nSPS) is 14.9. The summed E-state index contributed by atoms with van der Waals surface area (Å²) in [6.07, 6.45) is 7.13. The number of nitrogens with zero attached hydrogens (tertiary/aromatic N) is 4. The number of amides is 1. The predicted molar refractivity (Wildman–Crippen MR) is 109 cm³/mol. The van der Waals surface area contributed by atoms with E-state index >= 15 is 0 Å². The summed E-state index contributed by atoms with van der Waals surface area (Å²) < 4.78 is 1.70. The molecule has 1 amide bonds. The van der Waals surface area contributed by atoms with Gasteiger partial charge in [0.15, 0.2) is 5.96 Å². The molecular formula is C16H30IN7O. The van der Waals surface area contributed by atoms with E-state index in [0.29, 0.717) is 37.9 Å². The standard InChI is InChI=1S/C16H29N7O.HI/c1-3-17-16(20-11-14-21-12-22-23(14)2)19-9-8-18-15(24)10-13-6-4-5-7-13;/h12-13H,3-11H2,1-2H3,(H,18,24)(H2,17,19,20);1H. The molecule has 142 valence electrons. The van der Waals surface area contributed by atoms with E-state index in [1.54, 1.807) is 4.68 Å². The Bertz CT molecular complexity index is 540. The van der Waals surface area contributed by atoms with Crippen molar-refractivity contribution in [3.05, 3.63) is 12.2 Å². The molecule has 1 aromatic heterocycles. The molecule has 0 saturated heterocycles. The Balaban J connectivity index is 0.00000312. The molecule has 9 heteroatoms. The number of carbonyl (C=O) groups excluding carboxylic acids is 1. The fraction of sp³-hybridized carbons (Fsp3) is 0.750. The van der Waals surface area contributed by atoms with Crippen molar-refractivity contribution in [1.82, 2.24) is 30.7 Å². The molecule has 25 heavy (non-hydrogen) atoms. The lowest BCUT2D eigenvalue weighted by atomic mass is 10.0. The maximum atomic E-state index is 11.9. The average Bonchev–Trinajstić information content (AvgIpc) is 3.21. The molecule has 0 unspecified atom stereocenters. The molecule has 0 aliphatic heterocycles. The summed E-state index contributed by atoms with van der Waals surface area (Å²) in [5.74, 6) is 2.26. The number of guanidine groups is 1. The number of nitrogens with one attached hydrogen (secondary N) is 3. The van der Waals surface area contributed by atoms with E-state index in [4.69, 9.17) is 0 Å². The van der Waals surface area contributed by atoms with Gasteiger partial charge in [0.1, 0.15) is 18.7 Å². The lowest BCUT2D eigenvalue weighted by Gasteiger charge is -2.13. The summed E-state index contributed by atoms with van der Waals surface area (Å²) in [5, 5.41) is 13.4. The Labute approximate surface area is 166 Å². The third-order valence-corrected chi connectivity index (χ3v) is 4.22. The monoisotopic (exact) mass is 463 g/mol. The zero-order valence-corrected chi connectivity index (χ0v) is 17.5. The Kier molecular flexibility index (Phi) is 10.4. The third-order valence-electron chi connectivity index (χ3n) is 4.22. The lowest BCUT2D eigenvalue weighted by Crippen LogP contribution is -2.41. The minimum absolute atomic E-state index is 0. The minimum Gasteiger partial charge on any atom is -0.357 e. The fourth-order valence-corrected chi connectivity index (χ4v) is 2.89. The average molecular weight is 463 g/mol. The van der Waals surface area contributed by atoms with E-state index in [9.17, 15) is 4.79 Å². The number of carbonyl (C=O) groups is 1. The van der Waals surface area contributed by atoms with Crippen LogP contribution >= 0.6 is 24.0 Å². The Morgan fingerprint density at radius 3 is 2.64 bits per heavy atom. The number of aryl methyl sites for hydroxylation is 1. The van der Waals surface area contributed by atoms with Gasteiger partial charge in [0.25, 0.3) is 0 Å². The summed E-state index contributed by atoms with van der Waals surface area (Å²) in [6.45, 7) is 4.49. The van der Waals surface area contributed by atoms with Gasteiger partial charge in [-0.15, -0.1) is 24.0 Å². The lowest BCUT2D eigenvalue weighted by molar-refractivity contribution is -0.121. The molecule has 1 aliphatic rings. The first-order valence-corrected chi connectivity index (χ1v) is 8.80. The molecule has 8 nitrogen and oxygen atoms in total. The number of rotatable bonds is 8. The van der Waals surface area contributed by atoms with Crippen LogP contribution in [0.5, 0.6) is 0 Å². The molecule has 0 radical (unpaired) electrons. The highest BCUT2D eigenvalue weighted by Crippen LogP contribution is 2.27. The number of hydrogen-bond donors (Lipinski definition) is 3. The van der Waals surface area contributed by atoms with Gasteiger partial charge in [-0.1, -0.05) is 12.8 Å². The molecule has 0 spiro atoms. The van der Waals surface area contributed by atoms with Crippen molar-refractivity contribution in [2.75, 3.05) is 19.6 Å². The maximum Gasteiger partial charge on any atom is 0.220 e. The molecule has 2 rings (SSSR count). The van der Waals surface area contributed by atoms with Crippen molar-refractivity contribution >= 4 is 35.8 Å². The highest BCUT2D eigenvalue weighted by molar-refractivity contribution is 14.0. The van der Waals surface area contributed by atoms with Crippen molar-refractivity contribution in [3.63, 3.8) is 0 Å². The molecular weight excluding hydrogens is 433 g/mol. The maximum absolute atomic E-state index is 11.9. The highest BCUT2D eigenvalue weighted by atomic mass is 127. The zero-order chi connectivity index (χ0) is 17.2. The van der Waals surface area contributed by atoms with E-state index in [1.165, 1.54) is 32.0 Å². The molecule has 0 aromatic carbocycles. The second-order valence-electron chi connectivity index (χ2n) is 6.13. The van der Waals surface area contributed by atoms with Gasteiger partial charge in [-0.2, -0.15) is 5.10 Å². The van der Waals surface area contributed by atoms with Gasteiger partial charge < -0.3 is 16.0 Å². The third kappa shape index (κ3) is 8.02. The van der Waals surface area contributed by atoms with Gasteiger partial charge in [0, 0.05) is 33.1 Å². The topological polar surface area (TPSA) is 96.2 Å².